The highest BCUT2D eigenvalue weighted by Crippen LogP contribution is 2.36. The summed E-state index contributed by atoms with van der Waals surface area (Å²) < 4.78 is 0.126. The Morgan fingerprint density at radius 3 is 2.33 bits per heavy atom. The first-order valence-corrected chi connectivity index (χ1v) is 7.25. The minimum absolute atomic E-state index is 0.0825. The number of allylic oxidation sites excluding steroid dienone is 1. The average Bonchev–Trinajstić information content (AvgIpc) is 2.55. The van der Waals surface area contributed by atoms with Gasteiger partial charge in [-0.1, -0.05) is 12.1 Å². The molecule has 7 nitrogen and oxygen atoms in total. The van der Waals surface area contributed by atoms with E-state index in [1.807, 2.05) is 6.07 Å². The third kappa shape index (κ3) is 3.59. The van der Waals surface area contributed by atoms with E-state index < -0.39 is 22.3 Å². The molecule has 0 heterocycles. The third-order valence-electron chi connectivity index (χ3n) is 3.14. The molecule has 0 fully saturated rings. The maximum Gasteiger partial charge on any atom is 0.335 e. The van der Waals surface area contributed by atoms with E-state index in [0.29, 0.717) is 11.1 Å². The Hall–Kier alpha value is -3.18. The van der Waals surface area contributed by atoms with Crippen LogP contribution in [0, 0.1) is 21.4 Å². The van der Waals surface area contributed by atoms with Gasteiger partial charge in [-0.25, -0.2) is 4.79 Å². The van der Waals surface area contributed by atoms with Crippen LogP contribution in [0.3, 0.4) is 0 Å². The van der Waals surface area contributed by atoms with Gasteiger partial charge in [0, 0.05) is 6.07 Å². The number of phenolic OH excluding ortho intramolecular Hbond substituents is 1. The zero-order valence-electron chi connectivity index (χ0n) is 11.9. The molecule has 0 radical (unpaired) electrons. The fraction of sp³-hybridized carbons (Fsp3) is 0. The van der Waals surface area contributed by atoms with Crippen molar-refractivity contribution in [2.24, 2.45) is 0 Å². The lowest BCUT2D eigenvalue weighted by Gasteiger charge is -2.03. The Kier molecular flexibility index (Phi) is 4.96. The summed E-state index contributed by atoms with van der Waals surface area (Å²) in [6, 6.07) is 10.2. The van der Waals surface area contributed by atoms with Crippen molar-refractivity contribution in [3.05, 3.63) is 67.7 Å². The highest BCUT2D eigenvalue weighted by molar-refractivity contribution is 9.10. The molecule has 0 saturated heterocycles. The Balaban J connectivity index is 2.50. The van der Waals surface area contributed by atoms with Crippen LogP contribution in [0.25, 0.3) is 11.6 Å². The standard InChI is InChI=1S/C16H9BrN2O5/c17-13-6-9(7-14(15(13)20)19(23)24)5-12(8-18)10-1-3-11(4-2-10)16(21)22/h1-7,20H,(H,21,22)/b12-5-. The number of carboxylic acid groups (broad SMARTS) is 1. The number of rotatable bonds is 4. The maximum atomic E-state index is 10.9. The molecule has 0 aromatic heterocycles. The number of aromatic hydroxyl groups is 1. The molecule has 0 unspecified atom stereocenters. The van der Waals surface area contributed by atoms with Gasteiger partial charge in [0.25, 0.3) is 0 Å². The number of hydrogen-bond donors (Lipinski definition) is 2. The molecule has 2 aromatic carbocycles. The minimum atomic E-state index is -1.08. The molecular weight excluding hydrogens is 380 g/mol. The molecule has 2 N–H and O–H groups in total. The molecule has 0 aliphatic heterocycles. The van der Waals surface area contributed by atoms with Gasteiger partial charge in [-0.15, -0.1) is 0 Å². The fourth-order valence-corrected chi connectivity index (χ4v) is 2.43. The number of nitrogens with zero attached hydrogens (tertiary/aromatic N) is 2. The Labute approximate surface area is 144 Å². The third-order valence-corrected chi connectivity index (χ3v) is 3.74. The minimum Gasteiger partial charge on any atom is -0.501 e. The van der Waals surface area contributed by atoms with Crippen molar-refractivity contribution in [3.63, 3.8) is 0 Å². The Morgan fingerprint density at radius 2 is 1.83 bits per heavy atom. The van der Waals surface area contributed by atoms with E-state index in [1.54, 1.807) is 0 Å². The van der Waals surface area contributed by atoms with Crippen molar-refractivity contribution in [1.82, 2.24) is 0 Å². The molecule has 2 rings (SSSR count). The topological polar surface area (TPSA) is 124 Å². The van der Waals surface area contributed by atoms with E-state index in [-0.39, 0.29) is 15.6 Å². The number of benzene rings is 2. The quantitative estimate of drug-likeness (QED) is 0.354. The lowest BCUT2D eigenvalue weighted by molar-refractivity contribution is -0.386. The second-order valence-electron chi connectivity index (χ2n) is 4.68. The zero-order valence-corrected chi connectivity index (χ0v) is 13.5. The van der Waals surface area contributed by atoms with Crippen LogP contribution in [0.2, 0.25) is 0 Å². The Bertz CT molecular complexity index is 898. The lowest BCUT2D eigenvalue weighted by Crippen LogP contribution is -1.95. The van der Waals surface area contributed by atoms with Crippen LogP contribution in [0.4, 0.5) is 5.69 Å². The monoisotopic (exact) mass is 388 g/mol. The summed E-state index contributed by atoms with van der Waals surface area (Å²) in [4.78, 5) is 21.0. The summed E-state index contributed by atoms with van der Waals surface area (Å²) in [7, 11) is 0. The summed E-state index contributed by atoms with van der Waals surface area (Å²) in [6.07, 6.45) is 1.41. The molecule has 0 bridgehead atoms. The molecule has 0 saturated carbocycles. The first-order chi connectivity index (χ1) is 11.3. The SMILES string of the molecule is N#C/C(=C/c1cc(Br)c(O)c([N+](=O)[O-])c1)c1ccc(C(=O)O)cc1. The molecule has 8 heteroatoms. The number of carbonyl (C=O) groups is 1. The highest BCUT2D eigenvalue weighted by atomic mass is 79.9. The summed E-state index contributed by atoms with van der Waals surface area (Å²) in [5.41, 5.74) is 0.589. The number of nitro groups is 1. The van der Waals surface area contributed by atoms with E-state index in [2.05, 4.69) is 15.9 Å². The van der Waals surface area contributed by atoms with Crippen LogP contribution in [-0.4, -0.2) is 21.1 Å². The summed E-state index contributed by atoms with van der Waals surface area (Å²) in [5, 5.41) is 38.8. The molecule has 0 aliphatic carbocycles. The van der Waals surface area contributed by atoms with Crippen molar-refractivity contribution in [2.75, 3.05) is 0 Å². The van der Waals surface area contributed by atoms with Crippen molar-refractivity contribution in [2.45, 2.75) is 0 Å². The van der Waals surface area contributed by atoms with Gasteiger partial charge in [-0.3, -0.25) is 10.1 Å². The second-order valence-corrected chi connectivity index (χ2v) is 5.53. The number of nitro benzene ring substituents is 1. The van der Waals surface area contributed by atoms with Gasteiger partial charge in [-0.05, 0) is 51.3 Å². The van der Waals surface area contributed by atoms with Crippen LogP contribution >= 0.6 is 15.9 Å². The summed E-state index contributed by atoms with van der Waals surface area (Å²) >= 11 is 3.03. The molecule has 0 aliphatic rings. The number of nitriles is 1. The van der Waals surface area contributed by atoms with Gasteiger partial charge < -0.3 is 10.2 Å². The fourth-order valence-electron chi connectivity index (χ4n) is 1.97. The van der Waals surface area contributed by atoms with E-state index in [4.69, 9.17) is 5.11 Å². The predicted molar refractivity (Wildman–Crippen MR) is 89.3 cm³/mol. The van der Waals surface area contributed by atoms with Crippen molar-refractivity contribution < 1.29 is 19.9 Å². The van der Waals surface area contributed by atoms with Gasteiger partial charge in [0.15, 0.2) is 0 Å². The van der Waals surface area contributed by atoms with Crippen molar-refractivity contribution in [1.29, 1.82) is 5.26 Å². The Morgan fingerprint density at radius 1 is 1.25 bits per heavy atom. The summed E-state index contributed by atoms with van der Waals surface area (Å²) in [5.74, 6) is -1.58. The summed E-state index contributed by atoms with van der Waals surface area (Å²) in [6.45, 7) is 0. The van der Waals surface area contributed by atoms with Crippen molar-refractivity contribution >= 4 is 39.2 Å². The van der Waals surface area contributed by atoms with E-state index >= 15 is 0 Å². The number of halogens is 1. The van der Waals surface area contributed by atoms with Gasteiger partial charge in [0.2, 0.25) is 5.75 Å². The number of phenols is 1. The van der Waals surface area contributed by atoms with Crippen LogP contribution < -0.4 is 0 Å². The maximum absolute atomic E-state index is 10.9. The molecule has 0 amide bonds. The normalized spacial score (nSPS) is 10.9. The van der Waals surface area contributed by atoms with Crippen LogP contribution in [0.1, 0.15) is 21.5 Å². The molecule has 24 heavy (non-hydrogen) atoms. The second kappa shape index (κ2) is 6.93. The smallest absolute Gasteiger partial charge is 0.335 e. The van der Waals surface area contributed by atoms with Gasteiger partial charge in [0.1, 0.15) is 0 Å². The molecule has 2 aromatic rings. The van der Waals surface area contributed by atoms with Gasteiger partial charge in [-0.2, -0.15) is 5.26 Å². The lowest BCUT2D eigenvalue weighted by atomic mass is 10.0. The van der Waals surface area contributed by atoms with Gasteiger partial charge in [0.05, 0.1) is 26.6 Å². The van der Waals surface area contributed by atoms with Crippen LogP contribution in [0.15, 0.2) is 40.9 Å². The number of carboxylic acids is 1. The van der Waals surface area contributed by atoms with E-state index in [1.165, 1.54) is 36.4 Å². The average molecular weight is 389 g/mol. The first-order valence-electron chi connectivity index (χ1n) is 6.46. The number of hydrogen-bond acceptors (Lipinski definition) is 5. The predicted octanol–water partition coefficient (Wildman–Crippen LogP) is 3.83. The molecule has 0 spiro atoms. The largest absolute Gasteiger partial charge is 0.501 e. The van der Waals surface area contributed by atoms with Crippen molar-refractivity contribution in [3.8, 4) is 11.8 Å². The zero-order chi connectivity index (χ0) is 17.9. The van der Waals surface area contributed by atoms with Gasteiger partial charge >= 0.3 is 11.7 Å². The van der Waals surface area contributed by atoms with Crippen LogP contribution in [0.5, 0.6) is 5.75 Å². The van der Waals surface area contributed by atoms with E-state index in [9.17, 15) is 25.3 Å². The first kappa shape index (κ1) is 17.2. The highest BCUT2D eigenvalue weighted by Gasteiger charge is 2.17. The molecule has 120 valence electrons. The number of aromatic carboxylic acids is 1. The molecule has 0 atom stereocenters. The van der Waals surface area contributed by atoms with Crippen LogP contribution in [-0.2, 0) is 0 Å². The molecular formula is C16H9BrN2O5. The van der Waals surface area contributed by atoms with E-state index in [0.717, 1.165) is 6.07 Å².